The summed E-state index contributed by atoms with van der Waals surface area (Å²) in [7, 11) is -3.22. The Hall–Kier alpha value is -3.47. The van der Waals surface area contributed by atoms with Crippen LogP contribution in [0.15, 0.2) is 53.4 Å². The third kappa shape index (κ3) is 5.08. The lowest BCUT2D eigenvalue weighted by molar-refractivity contribution is -0.385. The van der Waals surface area contributed by atoms with Gasteiger partial charge in [-0.05, 0) is 31.2 Å². The summed E-state index contributed by atoms with van der Waals surface area (Å²) >= 11 is 0. The molecule has 0 saturated heterocycles. The highest BCUT2D eigenvalue weighted by atomic mass is 32.2. The van der Waals surface area contributed by atoms with E-state index < -0.39 is 39.1 Å². The first-order chi connectivity index (χ1) is 13.7. The van der Waals surface area contributed by atoms with Gasteiger partial charge >= 0.3 is 11.9 Å². The number of nitro benzene ring substituents is 1. The zero-order chi connectivity index (χ0) is 21.6. The van der Waals surface area contributed by atoms with Gasteiger partial charge in [-0.15, -0.1) is 0 Å². The highest BCUT2D eigenvalue weighted by Crippen LogP contribution is 2.27. The van der Waals surface area contributed by atoms with E-state index >= 15 is 0 Å². The average molecular weight is 422 g/mol. The second-order valence-electron chi connectivity index (χ2n) is 5.61. The number of nitrogens with zero attached hydrogens (tertiary/aromatic N) is 2. The largest absolute Gasteiger partial charge is 0.465 e. The molecule has 0 aliphatic carbocycles. The third-order valence-electron chi connectivity index (χ3n) is 3.75. The molecular formula is C18H18N2O8S. The molecule has 0 heterocycles. The van der Waals surface area contributed by atoms with Crippen LogP contribution in [-0.2, 0) is 24.3 Å². The summed E-state index contributed by atoms with van der Waals surface area (Å²) in [6.45, 7) is 0.907. The number of anilines is 1. The van der Waals surface area contributed by atoms with Crippen LogP contribution in [0.1, 0.15) is 17.3 Å². The molecule has 2 aromatic rings. The normalized spacial score (nSPS) is 10.8. The Bertz CT molecular complexity index is 1040. The second-order valence-corrected chi connectivity index (χ2v) is 7.48. The van der Waals surface area contributed by atoms with Crippen LogP contribution in [0.2, 0.25) is 0 Å². The van der Waals surface area contributed by atoms with E-state index in [2.05, 4.69) is 4.74 Å². The van der Waals surface area contributed by atoms with Crippen LogP contribution in [0.25, 0.3) is 0 Å². The highest BCUT2D eigenvalue weighted by Gasteiger charge is 2.29. The number of rotatable bonds is 8. The molecule has 2 rings (SSSR count). The van der Waals surface area contributed by atoms with Crippen molar-refractivity contribution < 1.29 is 32.4 Å². The van der Waals surface area contributed by atoms with Gasteiger partial charge in [0.25, 0.3) is 15.7 Å². The maximum atomic E-state index is 13.2. The molecule has 0 aromatic heterocycles. The molecule has 0 unspecified atom stereocenters. The van der Waals surface area contributed by atoms with Crippen molar-refractivity contribution >= 4 is 33.3 Å². The van der Waals surface area contributed by atoms with Gasteiger partial charge in [0.05, 0.1) is 34.8 Å². The molecule has 0 aliphatic heterocycles. The molecule has 0 saturated carbocycles. The van der Waals surface area contributed by atoms with Gasteiger partial charge in [-0.1, -0.05) is 12.1 Å². The Morgan fingerprint density at radius 1 is 1.14 bits per heavy atom. The lowest BCUT2D eigenvalue weighted by atomic mass is 10.2. The Labute approximate surface area is 166 Å². The number of benzene rings is 2. The Morgan fingerprint density at radius 2 is 1.83 bits per heavy atom. The van der Waals surface area contributed by atoms with Gasteiger partial charge in [-0.2, -0.15) is 0 Å². The molecule has 0 bridgehead atoms. The summed E-state index contributed by atoms with van der Waals surface area (Å²) in [6.07, 6.45) is 0. The quantitative estimate of drug-likeness (QED) is 0.359. The van der Waals surface area contributed by atoms with E-state index in [4.69, 9.17) is 4.74 Å². The number of carbonyl (C=O) groups is 2. The number of hydrogen-bond acceptors (Lipinski definition) is 8. The Balaban J connectivity index is 2.58. The van der Waals surface area contributed by atoms with E-state index in [-0.39, 0.29) is 22.8 Å². The number of methoxy groups -OCH3 is 1. The summed E-state index contributed by atoms with van der Waals surface area (Å²) < 4.78 is 36.5. The summed E-state index contributed by atoms with van der Waals surface area (Å²) in [5.41, 5.74) is -0.369. The van der Waals surface area contributed by atoms with Crippen molar-refractivity contribution in [2.45, 2.75) is 11.8 Å². The SMILES string of the molecule is CCOC(=O)CN(c1cccc(C(=O)OC)c1)S(=O)(=O)c1cccc([N+](=O)[O-])c1. The minimum absolute atomic E-state index is 0.00698. The Morgan fingerprint density at radius 3 is 2.45 bits per heavy atom. The van der Waals surface area contributed by atoms with Crippen LogP contribution in [0, 0.1) is 10.1 Å². The molecule has 0 amide bonds. The first kappa shape index (κ1) is 21.8. The number of ether oxygens (including phenoxy) is 2. The van der Waals surface area contributed by atoms with Crippen LogP contribution in [0.3, 0.4) is 0 Å². The summed E-state index contributed by atoms with van der Waals surface area (Å²) in [6, 6.07) is 9.87. The van der Waals surface area contributed by atoms with Gasteiger partial charge in [-0.25, -0.2) is 13.2 Å². The van der Waals surface area contributed by atoms with E-state index in [0.29, 0.717) is 0 Å². The Kier molecular flexibility index (Phi) is 6.89. The van der Waals surface area contributed by atoms with E-state index in [9.17, 15) is 28.1 Å². The molecule has 29 heavy (non-hydrogen) atoms. The first-order valence-corrected chi connectivity index (χ1v) is 9.76. The number of nitro groups is 1. The van der Waals surface area contributed by atoms with Crippen molar-refractivity contribution in [2.75, 3.05) is 24.6 Å². The van der Waals surface area contributed by atoms with Crippen molar-refractivity contribution in [1.82, 2.24) is 0 Å². The van der Waals surface area contributed by atoms with E-state index in [1.807, 2.05) is 0 Å². The summed E-state index contributed by atoms with van der Waals surface area (Å²) in [5.74, 6) is -1.53. The standard InChI is InChI=1S/C18H18N2O8S/c1-3-28-17(21)12-19(14-7-4-6-13(10-14)18(22)27-2)29(25,26)16-9-5-8-15(11-16)20(23)24/h4-11H,3,12H2,1-2H3. The van der Waals surface area contributed by atoms with Gasteiger partial charge in [0.15, 0.2) is 0 Å². The third-order valence-corrected chi connectivity index (χ3v) is 5.52. The van der Waals surface area contributed by atoms with Gasteiger partial charge in [0.1, 0.15) is 6.54 Å². The molecule has 0 fully saturated rings. The molecule has 0 radical (unpaired) electrons. The molecule has 154 valence electrons. The molecule has 11 heteroatoms. The molecule has 0 N–H and O–H groups in total. The number of carbonyl (C=O) groups excluding carboxylic acids is 2. The van der Waals surface area contributed by atoms with Crippen molar-refractivity contribution in [1.29, 1.82) is 0 Å². The predicted molar refractivity (Wildman–Crippen MR) is 102 cm³/mol. The minimum Gasteiger partial charge on any atom is -0.465 e. The van der Waals surface area contributed by atoms with Crippen LogP contribution in [0.5, 0.6) is 0 Å². The van der Waals surface area contributed by atoms with Crippen LogP contribution in [-0.4, -0.2) is 45.5 Å². The predicted octanol–water partition coefficient (Wildman–Crippen LogP) is 2.14. The lowest BCUT2D eigenvalue weighted by Gasteiger charge is -2.24. The maximum Gasteiger partial charge on any atom is 0.337 e. The van der Waals surface area contributed by atoms with Crippen LogP contribution in [0.4, 0.5) is 11.4 Å². The van der Waals surface area contributed by atoms with Crippen LogP contribution >= 0.6 is 0 Å². The zero-order valence-electron chi connectivity index (χ0n) is 15.6. The number of esters is 2. The van der Waals surface area contributed by atoms with E-state index in [0.717, 1.165) is 16.4 Å². The fourth-order valence-corrected chi connectivity index (χ4v) is 3.87. The molecule has 2 aromatic carbocycles. The maximum absolute atomic E-state index is 13.2. The van der Waals surface area contributed by atoms with Crippen molar-refractivity contribution in [3.8, 4) is 0 Å². The van der Waals surface area contributed by atoms with Gasteiger partial charge < -0.3 is 9.47 Å². The smallest absolute Gasteiger partial charge is 0.337 e. The lowest BCUT2D eigenvalue weighted by Crippen LogP contribution is -2.36. The fraction of sp³-hybridized carbons (Fsp3) is 0.222. The number of non-ortho nitro benzene ring substituents is 1. The molecule has 0 atom stereocenters. The van der Waals surface area contributed by atoms with Crippen LogP contribution < -0.4 is 4.31 Å². The van der Waals surface area contributed by atoms with Gasteiger partial charge in [0.2, 0.25) is 0 Å². The molecular weight excluding hydrogens is 404 g/mol. The molecule has 0 spiro atoms. The molecule has 0 aliphatic rings. The number of hydrogen-bond donors (Lipinski definition) is 0. The van der Waals surface area contributed by atoms with Crippen molar-refractivity contribution in [3.63, 3.8) is 0 Å². The molecule has 10 nitrogen and oxygen atoms in total. The minimum atomic E-state index is -4.40. The monoisotopic (exact) mass is 422 g/mol. The van der Waals surface area contributed by atoms with Gasteiger partial charge in [0, 0.05) is 12.1 Å². The topological polar surface area (TPSA) is 133 Å². The summed E-state index contributed by atoms with van der Waals surface area (Å²) in [4.78, 5) is 33.7. The van der Waals surface area contributed by atoms with E-state index in [1.54, 1.807) is 6.92 Å². The second kappa shape index (κ2) is 9.15. The zero-order valence-corrected chi connectivity index (χ0v) is 16.4. The number of sulfonamides is 1. The first-order valence-electron chi connectivity index (χ1n) is 8.32. The van der Waals surface area contributed by atoms with Crippen molar-refractivity contribution in [2.24, 2.45) is 0 Å². The summed E-state index contributed by atoms with van der Waals surface area (Å²) in [5, 5.41) is 11.0. The fourth-order valence-electron chi connectivity index (χ4n) is 2.43. The van der Waals surface area contributed by atoms with Gasteiger partial charge in [-0.3, -0.25) is 19.2 Å². The van der Waals surface area contributed by atoms with E-state index in [1.165, 1.54) is 43.5 Å². The van der Waals surface area contributed by atoms with Crippen molar-refractivity contribution in [3.05, 3.63) is 64.2 Å². The average Bonchev–Trinajstić information content (AvgIpc) is 2.71. The highest BCUT2D eigenvalue weighted by molar-refractivity contribution is 7.92.